The molecule has 0 aliphatic heterocycles. The molecule has 0 saturated carbocycles. The van der Waals surface area contributed by atoms with Gasteiger partial charge in [-0.1, -0.05) is 12.1 Å². The lowest BCUT2D eigenvalue weighted by atomic mass is 10.1. The number of thiophene rings is 1. The van der Waals surface area contributed by atoms with Gasteiger partial charge in [0.1, 0.15) is 5.69 Å². The second-order valence-corrected chi connectivity index (χ2v) is 8.21. The number of Topliss-reactive ketones (excluding diaryl/α,β-unsaturated/α-hetero) is 1. The minimum absolute atomic E-state index is 0.0216. The van der Waals surface area contributed by atoms with Gasteiger partial charge in [-0.3, -0.25) is 9.78 Å². The predicted molar refractivity (Wildman–Crippen MR) is 126 cm³/mol. The van der Waals surface area contributed by atoms with Crippen molar-refractivity contribution in [3.05, 3.63) is 71.0 Å². The number of ether oxygens (including phenoxy) is 2. The molecule has 0 radical (unpaired) electrons. The van der Waals surface area contributed by atoms with E-state index in [1.54, 1.807) is 26.6 Å². The first-order chi connectivity index (χ1) is 15.6. The first-order valence-electron chi connectivity index (χ1n) is 10.2. The maximum absolute atomic E-state index is 13.1. The Balaban J connectivity index is 1.54. The number of hydrogen-bond acceptors (Lipinski definition) is 8. The van der Waals surface area contributed by atoms with Crippen LogP contribution in [0, 0.1) is 0 Å². The van der Waals surface area contributed by atoms with E-state index < -0.39 is 0 Å². The lowest BCUT2D eigenvalue weighted by Gasteiger charge is -2.14. The van der Waals surface area contributed by atoms with Gasteiger partial charge >= 0.3 is 0 Å². The smallest absolute Gasteiger partial charge is 0.224 e. The molecular weight excluding hydrogens is 424 g/mol. The number of carbonyl (C=O) groups excluding carboxylic acids is 1. The number of anilines is 1. The standard InChI is InChI=1S/C24H24N4O3S/c1-15(17-5-4-11-25-14-17)26-24-27-18-10-12-32-23(18)22(28-24)19(29)8-6-16-7-9-20(30-2)21(13-16)31-3/h4-5,7,9-15H,6,8H2,1-3H3,(H,26,27,28)/t15-/m0/s1. The van der Waals surface area contributed by atoms with Crippen molar-refractivity contribution in [3.63, 3.8) is 0 Å². The van der Waals surface area contributed by atoms with Gasteiger partial charge in [0.25, 0.3) is 0 Å². The van der Waals surface area contributed by atoms with Crippen LogP contribution in [0.3, 0.4) is 0 Å². The zero-order valence-corrected chi connectivity index (χ0v) is 19.0. The summed E-state index contributed by atoms with van der Waals surface area (Å²) in [6.45, 7) is 2.01. The van der Waals surface area contributed by atoms with E-state index >= 15 is 0 Å². The van der Waals surface area contributed by atoms with E-state index in [1.165, 1.54) is 11.3 Å². The number of ketones is 1. The highest BCUT2D eigenvalue weighted by atomic mass is 32.1. The Bertz CT molecular complexity index is 1230. The Hall–Kier alpha value is -3.52. The van der Waals surface area contributed by atoms with Crippen molar-refractivity contribution < 1.29 is 14.3 Å². The minimum atomic E-state index is -0.0468. The van der Waals surface area contributed by atoms with E-state index in [0.717, 1.165) is 21.3 Å². The summed E-state index contributed by atoms with van der Waals surface area (Å²) in [5, 5.41) is 5.23. The third-order valence-corrected chi connectivity index (χ3v) is 6.10. The molecule has 4 rings (SSSR count). The van der Waals surface area contributed by atoms with Gasteiger partial charge < -0.3 is 14.8 Å². The van der Waals surface area contributed by atoms with Crippen LogP contribution in [-0.2, 0) is 6.42 Å². The molecular formula is C24H24N4O3S. The Morgan fingerprint density at radius 2 is 1.97 bits per heavy atom. The fourth-order valence-electron chi connectivity index (χ4n) is 3.44. The summed E-state index contributed by atoms with van der Waals surface area (Å²) in [5.41, 5.74) is 3.23. The van der Waals surface area contributed by atoms with Crippen molar-refractivity contribution in [2.75, 3.05) is 19.5 Å². The summed E-state index contributed by atoms with van der Waals surface area (Å²) in [6, 6.07) is 11.4. The largest absolute Gasteiger partial charge is 0.493 e. The number of aryl methyl sites for hydroxylation is 1. The highest BCUT2D eigenvalue weighted by Gasteiger charge is 2.18. The molecule has 0 amide bonds. The summed E-state index contributed by atoms with van der Waals surface area (Å²) in [6.07, 6.45) is 4.44. The molecule has 1 N–H and O–H groups in total. The Labute approximate surface area is 190 Å². The van der Waals surface area contributed by atoms with Crippen molar-refractivity contribution in [2.24, 2.45) is 0 Å². The SMILES string of the molecule is COc1ccc(CCC(=O)c2nc(N[C@@H](C)c3cccnc3)nc3ccsc23)cc1OC. The van der Waals surface area contributed by atoms with E-state index in [-0.39, 0.29) is 11.8 Å². The molecule has 1 atom stereocenters. The summed E-state index contributed by atoms with van der Waals surface area (Å²) >= 11 is 1.48. The molecule has 8 heteroatoms. The molecule has 0 aliphatic carbocycles. The van der Waals surface area contributed by atoms with Crippen LogP contribution in [0.15, 0.2) is 54.2 Å². The number of fused-ring (bicyclic) bond motifs is 1. The van der Waals surface area contributed by atoms with E-state index in [0.29, 0.717) is 36.0 Å². The van der Waals surface area contributed by atoms with E-state index in [9.17, 15) is 4.79 Å². The quantitative estimate of drug-likeness (QED) is 0.357. The number of nitrogens with one attached hydrogen (secondary N) is 1. The summed E-state index contributed by atoms with van der Waals surface area (Å²) < 4.78 is 11.5. The fourth-order valence-corrected chi connectivity index (χ4v) is 4.28. The van der Waals surface area contributed by atoms with Gasteiger partial charge in [0.05, 0.1) is 30.5 Å². The number of pyridine rings is 1. The van der Waals surface area contributed by atoms with Gasteiger partial charge in [-0.25, -0.2) is 9.97 Å². The molecule has 7 nitrogen and oxygen atoms in total. The maximum atomic E-state index is 13.1. The van der Waals surface area contributed by atoms with Gasteiger partial charge in [0.15, 0.2) is 17.3 Å². The van der Waals surface area contributed by atoms with E-state index in [4.69, 9.17) is 9.47 Å². The summed E-state index contributed by atoms with van der Waals surface area (Å²) in [7, 11) is 3.20. The molecule has 1 aromatic carbocycles. The molecule has 3 heterocycles. The molecule has 0 aliphatic rings. The van der Waals surface area contributed by atoms with Crippen molar-refractivity contribution in [1.82, 2.24) is 15.0 Å². The second kappa shape index (κ2) is 9.74. The fraction of sp³-hybridized carbons (Fsp3) is 0.250. The van der Waals surface area contributed by atoms with Crippen molar-refractivity contribution in [2.45, 2.75) is 25.8 Å². The maximum Gasteiger partial charge on any atom is 0.224 e. The zero-order chi connectivity index (χ0) is 22.5. The van der Waals surface area contributed by atoms with Crippen LogP contribution in [-0.4, -0.2) is 35.0 Å². The van der Waals surface area contributed by atoms with E-state index in [2.05, 4.69) is 20.3 Å². The highest BCUT2D eigenvalue weighted by Crippen LogP contribution is 2.29. The number of hydrogen-bond donors (Lipinski definition) is 1. The topological polar surface area (TPSA) is 86.2 Å². The van der Waals surface area contributed by atoms with Crippen molar-refractivity contribution >= 4 is 33.3 Å². The first kappa shape index (κ1) is 21.7. The van der Waals surface area contributed by atoms with Crippen LogP contribution in [0.5, 0.6) is 11.5 Å². The molecule has 0 spiro atoms. The van der Waals surface area contributed by atoms with Gasteiger partial charge in [0, 0.05) is 18.8 Å². The lowest BCUT2D eigenvalue weighted by Crippen LogP contribution is -2.12. The van der Waals surface area contributed by atoms with Gasteiger partial charge in [-0.15, -0.1) is 11.3 Å². The molecule has 3 aromatic heterocycles. The molecule has 0 saturated heterocycles. The summed E-state index contributed by atoms with van der Waals surface area (Å²) in [4.78, 5) is 26.5. The van der Waals surface area contributed by atoms with Crippen LogP contribution < -0.4 is 14.8 Å². The number of carbonyl (C=O) groups is 1. The normalized spacial score (nSPS) is 11.8. The molecule has 4 aromatic rings. The average molecular weight is 449 g/mol. The number of nitrogens with zero attached hydrogens (tertiary/aromatic N) is 3. The van der Waals surface area contributed by atoms with Gasteiger partial charge in [-0.2, -0.15) is 0 Å². The van der Waals surface area contributed by atoms with Crippen LogP contribution in [0.1, 0.15) is 41.0 Å². The Morgan fingerprint density at radius 3 is 2.72 bits per heavy atom. The minimum Gasteiger partial charge on any atom is -0.493 e. The van der Waals surface area contributed by atoms with Crippen molar-refractivity contribution in [1.29, 1.82) is 0 Å². The third kappa shape index (κ3) is 4.70. The Morgan fingerprint density at radius 1 is 1.12 bits per heavy atom. The number of rotatable bonds is 9. The van der Waals surface area contributed by atoms with Crippen LogP contribution in [0.2, 0.25) is 0 Å². The Kier molecular flexibility index (Phi) is 6.61. The number of methoxy groups -OCH3 is 2. The molecule has 0 bridgehead atoms. The molecule has 0 fully saturated rings. The van der Waals surface area contributed by atoms with Crippen LogP contribution >= 0.6 is 11.3 Å². The third-order valence-electron chi connectivity index (χ3n) is 5.19. The van der Waals surface area contributed by atoms with Crippen LogP contribution in [0.25, 0.3) is 10.2 Å². The molecule has 32 heavy (non-hydrogen) atoms. The molecule has 164 valence electrons. The van der Waals surface area contributed by atoms with Gasteiger partial charge in [0.2, 0.25) is 5.95 Å². The first-order valence-corrected chi connectivity index (χ1v) is 11.1. The van der Waals surface area contributed by atoms with E-state index in [1.807, 2.05) is 48.7 Å². The second-order valence-electron chi connectivity index (χ2n) is 7.30. The lowest BCUT2D eigenvalue weighted by molar-refractivity contribution is 0.0980. The number of aromatic nitrogens is 3. The highest BCUT2D eigenvalue weighted by molar-refractivity contribution is 7.17. The van der Waals surface area contributed by atoms with Crippen LogP contribution in [0.4, 0.5) is 5.95 Å². The summed E-state index contributed by atoms with van der Waals surface area (Å²) in [5.74, 6) is 1.72. The number of benzene rings is 1. The predicted octanol–water partition coefficient (Wildman–Crippen LogP) is 5.09. The van der Waals surface area contributed by atoms with Crippen molar-refractivity contribution in [3.8, 4) is 11.5 Å². The zero-order valence-electron chi connectivity index (χ0n) is 18.2. The molecule has 0 unspecified atom stereocenters. The average Bonchev–Trinajstić information content (AvgIpc) is 3.31. The van der Waals surface area contributed by atoms with Gasteiger partial charge in [-0.05, 0) is 54.1 Å². The monoisotopic (exact) mass is 448 g/mol.